The highest BCUT2D eigenvalue weighted by atomic mass is 19.1. The van der Waals surface area contributed by atoms with Crippen LogP contribution in [0.4, 0.5) is 4.39 Å². The fourth-order valence-electron chi connectivity index (χ4n) is 2.78. The standard InChI is InChI=1S/C22H27FN2O3/c1-15(2)24-22(27)17(4)25(13-18-9-7-8-16(3)12-18)21(26)14-28-20-11-6-5-10-19(20)23/h5-12,15,17H,13-14H2,1-4H3,(H,24,27). The smallest absolute Gasteiger partial charge is 0.261 e. The Labute approximate surface area is 165 Å². The average molecular weight is 386 g/mol. The zero-order chi connectivity index (χ0) is 20.7. The molecule has 150 valence electrons. The summed E-state index contributed by atoms with van der Waals surface area (Å²) in [6, 6.07) is 12.9. The summed E-state index contributed by atoms with van der Waals surface area (Å²) in [5.41, 5.74) is 1.97. The number of rotatable bonds is 8. The van der Waals surface area contributed by atoms with Crippen LogP contribution in [0.1, 0.15) is 31.9 Å². The molecule has 6 heteroatoms. The van der Waals surface area contributed by atoms with E-state index in [1.807, 2.05) is 45.0 Å². The van der Waals surface area contributed by atoms with Gasteiger partial charge in [0.25, 0.3) is 5.91 Å². The first-order valence-electron chi connectivity index (χ1n) is 9.30. The molecule has 2 amide bonds. The van der Waals surface area contributed by atoms with E-state index < -0.39 is 17.8 Å². The lowest BCUT2D eigenvalue weighted by Crippen LogP contribution is -2.50. The predicted molar refractivity (Wildman–Crippen MR) is 106 cm³/mol. The van der Waals surface area contributed by atoms with Gasteiger partial charge in [0.1, 0.15) is 6.04 Å². The number of amides is 2. The molecule has 0 aliphatic carbocycles. The molecule has 0 fully saturated rings. The first-order valence-corrected chi connectivity index (χ1v) is 9.30. The van der Waals surface area contributed by atoms with Gasteiger partial charge in [-0.3, -0.25) is 9.59 Å². The summed E-state index contributed by atoms with van der Waals surface area (Å²) in [4.78, 5) is 26.8. The van der Waals surface area contributed by atoms with Crippen LogP contribution in [0.3, 0.4) is 0 Å². The zero-order valence-electron chi connectivity index (χ0n) is 16.7. The van der Waals surface area contributed by atoms with Gasteiger partial charge in [0.05, 0.1) is 0 Å². The number of carbonyl (C=O) groups excluding carboxylic acids is 2. The number of nitrogens with zero attached hydrogens (tertiary/aromatic N) is 1. The molecule has 1 atom stereocenters. The molecule has 0 saturated carbocycles. The highest BCUT2D eigenvalue weighted by Crippen LogP contribution is 2.16. The summed E-state index contributed by atoms with van der Waals surface area (Å²) >= 11 is 0. The van der Waals surface area contributed by atoms with Gasteiger partial charge in [-0.1, -0.05) is 42.0 Å². The second-order valence-electron chi connectivity index (χ2n) is 7.07. The third-order valence-electron chi connectivity index (χ3n) is 4.22. The Balaban J connectivity index is 2.17. The maximum atomic E-state index is 13.7. The molecule has 0 spiro atoms. The van der Waals surface area contributed by atoms with Crippen LogP contribution < -0.4 is 10.1 Å². The summed E-state index contributed by atoms with van der Waals surface area (Å²) in [5, 5.41) is 2.82. The molecule has 0 aliphatic rings. The maximum absolute atomic E-state index is 13.7. The van der Waals surface area contributed by atoms with Gasteiger partial charge in [0.15, 0.2) is 18.2 Å². The highest BCUT2D eigenvalue weighted by molar-refractivity contribution is 5.88. The second-order valence-corrected chi connectivity index (χ2v) is 7.07. The van der Waals surface area contributed by atoms with Crippen LogP contribution in [0.5, 0.6) is 5.75 Å². The molecule has 5 nitrogen and oxygen atoms in total. The fourth-order valence-corrected chi connectivity index (χ4v) is 2.78. The van der Waals surface area contributed by atoms with Crippen molar-refractivity contribution in [1.29, 1.82) is 0 Å². The molecule has 1 unspecified atom stereocenters. The minimum atomic E-state index is -0.695. The van der Waals surface area contributed by atoms with Crippen molar-refractivity contribution in [3.8, 4) is 5.75 Å². The summed E-state index contributed by atoms with van der Waals surface area (Å²) in [7, 11) is 0. The van der Waals surface area contributed by atoms with E-state index in [1.54, 1.807) is 19.1 Å². The Morgan fingerprint density at radius 1 is 1.11 bits per heavy atom. The minimum absolute atomic E-state index is 0.00522. The summed E-state index contributed by atoms with van der Waals surface area (Å²) < 4.78 is 19.1. The largest absolute Gasteiger partial charge is 0.481 e. The van der Waals surface area contributed by atoms with Gasteiger partial charge in [-0.25, -0.2) is 4.39 Å². The molecular weight excluding hydrogens is 359 g/mol. The molecule has 0 radical (unpaired) electrons. The monoisotopic (exact) mass is 386 g/mol. The second kappa shape index (κ2) is 9.88. The van der Waals surface area contributed by atoms with E-state index in [0.717, 1.165) is 11.1 Å². The van der Waals surface area contributed by atoms with Gasteiger partial charge in [-0.15, -0.1) is 0 Å². The summed E-state index contributed by atoms with van der Waals surface area (Å²) in [5.74, 6) is -1.17. The predicted octanol–water partition coefficient (Wildman–Crippen LogP) is 3.45. The zero-order valence-corrected chi connectivity index (χ0v) is 16.7. The Kier molecular flexibility index (Phi) is 7.55. The van der Waals surface area contributed by atoms with E-state index in [0.29, 0.717) is 0 Å². The SMILES string of the molecule is Cc1cccc(CN(C(=O)COc2ccccc2F)C(C)C(=O)NC(C)C)c1. The van der Waals surface area contributed by atoms with Crippen molar-refractivity contribution in [2.24, 2.45) is 0 Å². The number of para-hydroxylation sites is 1. The molecule has 0 aliphatic heterocycles. The molecule has 0 aromatic heterocycles. The lowest BCUT2D eigenvalue weighted by Gasteiger charge is -2.29. The van der Waals surface area contributed by atoms with E-state index in [1.165, 1.54) is 17.0 Å². The number of nitrogens with one attached hydrogen (secondary N) is 1. The molecule has 0 bridgehead atoms. The minimum Gasteiger partial charge on any atom is -0.481 e. The highest BCUT2D eigenvalue weighted by Gasteiger charge is 2.27. The first kappa shape index (κ1) is 21.4. The van der Waals surface area contributed by atoms with Gasteiger partial charge in [-0.05, 0) is 45.4 Å². The Morgan fingerprint density at radius 2 is 1.82 bits per heavy atom. The van der Waals surface area contributed by atoms with Crippen LogP contribution in [-0.4, -0.2) is 35.4 Å². The molecule has 0 saturated heterocycles. The van der Waals surface area contributed by atoms with E-state index in [4.69, 9.17) is 4.74 Å². The van der Waals surface area contributed by atoms with E-state index >= 15 is 0 Å². The molecule has 2 aromatic rings. The number of aryl methyl sites for hydroxylation is 1. The third kappa shape index (κ3) is 6.08. The number of benzene rings is 2. The lowest BCUT2D eigenvalue weighted by atomic mass is 10.1. The van der Waals surface area contributed by atoms with Crippen LogP contribution in [0.2, 0.25) is 0 Å². The summed E-state index contributed by atoms with van der Waals surface area (Å²) in [6.45, 7) is 7.26. The van der Waals surface area contributed by atoms with Crippen LogP contribution >= 0.6 is 0 Å². The normalized spacial score (nSPS) is 11.8. The number of ether oxygens (including phenoxy) is 1. The molecule has 2 aromatic carbocycles. The number of carbonyl (C=O) groups is 2. The van der Waals surface area contributed by atoms with Gasteiger partial charge in [0.2, 0.25) is 5.91 Å². The van der Waals surface area contributed by atoms with Gasteiger partial charge >= 0.3 is 0 Å². The maximum Gasteiger partial charge on any atom is 0.261 e. The van der Waals surface area contributed by atoms with Crippen molar-refractivity contribution in [2.75, 3.05) is 6.61 Å². The van der Waals surface area contributed by atoms with Crippen molar-refractivity contribution < 1.29 is 18.7 Å². The average Bonchev–Trinajstić information content (AvgIpc) is 2.64. The van der Waals surface area contributed by atoms with Crippen molar-refractivity contribution in [3.63, 3.8) is 0 Å². The molecular formula is C22H27FN2O3. The molecule has 2 rings (SSSR count). The van der Waals surface area contributed by atoms with E-state index in [-0.39, 0.29) is 30.9 Å². The third-order valence-corrected chi connectivity index (χ3v) is 4.22. The Hall–Kier alpha value is -2.89. The van der Waals surface area contributed by atoms with E-state index in [2.05, 4.69) is 5.32 Å². The quantitative estimate of drug-likeness (QED) is 0.756. The van der Waals surface area contributed by atoms with Crippen LogP contribution in [0.25, 0.3) is 0 Å². The van der Waals surface area contributed by atoms with Crippen molar-refractivity contribution in [1.82, 2.24) is 10.2 Å². The van der Waals surface area contributed by atoms with E-state index in [9.17, 15) is 14.0 Å². The van der Waals surface area contributed by atoms with Crippen LogP contribution in [-0.2, 0) is 16.1 Å². The van der Waals surface area contributed by atoms with Gasteiger partial charge in [0, 0.05) is 12.6 Å². The number of hydrogen-bond donors (Lipinski definition) is 1. The van der Waals surface area contributed by atoms with Crippen molar-refractivity contribution in [3.05, 3.63) is 65.5 Å². The molecule has 28 heavy (non-hydrogen) atoms. The fraction of sp³-hybridized carbons (Fsp3) is 0.364. The van der Waals surface area contributed by atoms with Crippen LogP contribution in [0, 0.1) is 12.7 Å². The Bertz CT molecular complexity index is 823. The van der Waals surface area contributed by atoms with Gasteiger partial charge in [-0.2, -0.15) is 0 Å². The number of hydrogen-bond acceptors (Lipinski definition) is 3. The van der Waals surface area contributed by atoms with Crippen molar-refractivity contribution in [2.45, 2.75) is 46.3 Å². The first-order chi connectivity index (χ1) is 13.3. The lowest BCUT2D eigenvalue weighted by molar-refractivity contribution is -0.142. The molecule has 1 N–H and O–H groups in total. The van der Waals surface area contributed by atoms with Crippen LogP contribution in [0.15, 0.2) is 48.5 Å². The van der Waals surface area contributed by atoms with Crippen molar-refractivity contribution >= 4 is 11.8 Å². The molecule has 0 heterocycles. The topological polar surface area (TPSA) is 58.6 Å². The van der Waals surface area contributed by atoms with Gasteiger partial charge < -0.3 is 15.0 Å². The Morgan fingerprint density at radius 3 is 2.46 bits per heavy atom. The number of halogens is 1. The summed E-state index contributed by atoms with van der Waals surface area (Å²) in [6.07, 6.45) is 0.